The molecule has 16 unspecified atom stereocenters. The Morgan fingerprint density at radius 3 is 0.739 bits per heavy atom. The minimum atomic E-state index is -2.07. The van der Waals surface area contributed by atoms with E-state index in [4.69, 9.17) is 71.1 Å². The van der Waals surface area contributed by atoms with Gasteiger partial charge in [-0.15, -0.1) is 0 Å². The van der Waals surface area contributed by atoms with Gasteiger partial charge in [0.05, 0.1) is 84.9 Å². The Labute approximate surface area is 807 Å². The normalized spacial score (nSPS) is 39.8. The minimum Gasteiger partial charge on any atom is -0.396 e. The van der Waals surface area contributed by atoms with Gasteiger partial charge in [0.2, 0.25) is 0 Å². The molecule has 1 aromatic rings. The molecule has 0 radical (unpaired) electrons. The molecule has 0 spiro atoms. The molecule has 0 bridgehead atoms. The minimum absolute atomic E-state index is 0.0582. The molecule has 1 saturated carbocycles. The van der Waals surface area contributed by atoms with Gasteiger partial charge in [0.1, 0.15) is 183 Å². The third-order valence-electron chi connectivity index (χ3n) is 28.9. The smallest absolute Gasteiger partial charge is 0.187 e. The van der Waals surface area contributed by atoms with E-state index in [1.807, 2.05) is 6.07 Å². The van der Waals surface area contributed by atoms with E-state index in [0.717, 1.165) is 103 Å². The summed E-state index contributed by atoms with van der Waals surface area (Å²) in [6, 6.07) is 7.11. The molecule has 8 fully saturated rings. The summed E-state index contributed by atoms with van der Waals surface area (Å²) < 4.78 is 91.8. The third kappa shape index (κ3) is 32.8. The van der Waals surface area contributed by atoms with Crippen LogP contribution in [0.2, 0.25) is 0 Å². The van der Waals surface area contributed by atoms with Crippen molar-refractivity contribution in [1.82, 2.24) is 0 Å². The monoisotopic (exact) mass is 2000 g/mol. The fourth-order valence-electron chi connectivity index (χ4n) is 20.1. The Hall–Kier alpha value is -2.50. The fourth-order valence-corrected chi connectivity index (χ4v) is 20.1. The maximum Gasteiger partial charge on any atom is 0.187 e. The van der Waals surface area contributed by atoms with E-state index in [9.17, 15) is 143 Å². The lowest BCUT2D eigenvalue weighted by molar-refractivity contribution is -0.365. The van der Waals surface area contributed by atoms with E-state index < -0.39 is 335 Å². The van der Waals surface area contributed by atoms with Gasteiger partial charge < -0.3 is 214 Å². The van der Waals surface area contributed by atoms with Crippen molar-refractivity contribution in [3.05, 3.63) is 35.4 Å². The Morgan fingerprint density at radius 1 is 0.246 bits per heavy atom. The molecule has 1 aromatic carbocycles. The van der Waals surface area contributed by atoms with Gasteiger partial charge in [0.25, 0.3) is 0 Å². The molecule has 7 heterocycles. The Balaban J connectivity index is 1.09. The standard InChI is InChI=1S/C95H168O43/c1-3-5-7-9-11-13-15-17-19-21-23-25-27-29-34-94(48-124-55-37-54(40-96)83(72(113)63(55)104)135-90-76(117)68(109)64(105)56(41-97)128-90,49-125-87-80(121)73(114)84(60(45-101)132-87)136-91-77(118)69(110)65(106)57(42-98)129-91)38-52-32-31-33-53(36-52)39-95(35-30-28-26-24-22-20-18-16-14-12-10-8-6-4-2,50-126-88-81(122)74(115)85(61(46-102)133-88)137-92-78(119)70(111)66(107)58(43-99)130-92)51-127-89-82(123)75(116)86(62(47-103)134-89)138-93-79(120)71(112)67(108)59(44-100)131-93/h31-33,36,54-93,96-123H,3-30,34-35,37-51H2,1-2H3/t54?,55-,56?,57?,58?,59?,60?,61?,62?,63?,64-,65-,66-,67-,68+,69+,70+,71+,72-,73-,74-,75-,76?,77?,78?,79?,80?,81?,82?,83-,84-,85-,86-,87-,88-,89-,90+,91+,92+,93+,94+,95?/m1/s1. The molecule has 8 aliphatic rings. The van der Waals surface area contributed by atoms with Gasteiger partial charge in [-0.2, -0.15) is 0 Å². The fraction of sp³-hybridized carbons (Fsp3) is 0.937. The zero-order chi connectivity index (χ0) is 101. The summed E-state index contributed by atoms with van der Waals surface area (Å²) in [6.07, 6.45) is -43.3. The van der Waals surface area contributed by atoms with Crippen LogP contribution in [0, 0.1) is 16.7 Å². The van der Waals surface area contributed by atoms with Crippen LogP contribution in [0.25, 0.3) is 0 Å². The molecule has 7 saturated heterocycles. The van der Waals surface area contributed by atoms with Gasteiger partial charge >= 0.3 is 0 Å². The Morgan fingerprint density at radius 2 is 0.478 bits per heavy atom. The molecular weight excluding hydrogens is 1830 g/mol. The zero-order valence-electron chi connectivity index (χ0n) is 79.9. The number of benzene rings is 1. The molecule has 0 amide bonds. The highest BCUT2D eigenvalue weighted by Crippen LogP contribution is 2.43. The highest BCUT2D eigenvalue weighted by molar-refractivity contribution is 5.26. The lowest BCUT2D eigenvalue weighted by Gasteiger charge is -2.47. The lowest BCUT2D eigenvalue weighted by atomic mass is 9.76. The first-order valence-electron chi connectivity index (χ1n) is 50.5. The molecule has 0 aromatic heterocycles. The van der Waals surface area contributed by atoms with Crippen LogP contribution in [0.15, 0.2) is 24.3 Å². The lowest BCUT2D eigenvalue weighted by Crippen LogP contribution is -2.65. The first-order valence-corrected chi connectivity index (χ1v) is 50.5. The topological polar surface area (TPSA) is 705 Å². The van der Waals surface area contributed by atoms with Gasteiger partial charge in [-0.05, 0) is 43.2 Å². The van der Waals surface area contributed by atoms with Crippen LogP contribution >= 0.6 is 0 Å². The summed E-state index contributed by atoms with van der Waals surface area (Å²) in [4.78, 5) is 0. The van der Waals surface area contributed by atoms with E-state index in [2.05, 4.69) is 13.8 Å². The highest BCUT2D eigenvalue weighted by atomic mass is 16.8. The van der Waals surface area contributed by atoms with Crippen molar-refractivity contribution >= 4 is 0 Å². The highest BCUT2D eigenvalue weighted by Gasteiger charge is 2.58. The third-order valence-corrected chi connectivity index (χ3v) is 28.9. The predicted octanol–water partition coefficient (Wildman–Crippen LogP) is -4.29. The molecule has 28 N–H and O–H groups in total. The quantitative estimate of drug-likeness (QED) is 0.0275. The van der Waals surface area contributed by atoms with Gasteiger partial charge in [-0.1, -0.05) is 218 Å². The molecule has 43 nitrogen and oxygen atoms in total. The van der Waals surface area contributed by atoms with Crippen LogP contribution in [0.3, 0.4) is 0 Å². The maximum absolute atomic E-state index is 12.3. The number of hydrogen-bond donors (Lipinski definition) is 28. The zero-order valence-corrected chi connectivity index (χ0v) is 79.9. The van der Waals surface area contributed by atoms with Gasteiger partial charge in [0, 0.05) is 23.4 Å². The summed E-state index contributed by atoms with van der Waals surface area (Å²) in [6.45, 7) is -4.52. The molecule has 7 aliphatic heterocycles. The first-order chi connectivity index (χ1) is 66.3. The van der Waals surface area contributed by atoms with Crippen molar-refractivity contribution in [2.24, 2.45) is 16.7 Å². The van der Waals surface area contributed by atoms with E-state index in [1.165, 1.54) is 51.4 Å². The number of hydrogen-bond acceptors (Lipinski definition) is 43. The summed E-state index contributed by atoms with van der Waals surface area (Å²) in [7, 11) is 0. The molecule has 41 atom stereocenters. The van der Waals surface area contributed by atoms with E-state index in [0.29, 0.717) is 36.8 Å². The van der Waals surface area contributed by atoms with E-state index >= 15 is 0 Å². The Bertz CT molecular complexity index is 3030. The summed E-state index contributed by atoms with van der Waals surface area (Å²) in [5, 5.41) is 311. The number of rotatable bonds is 62. The number of unbranched alkanes of at least 4 members (excludes halogenated alkanes) is 26. The predicted molar refractivity (Wildman–Crippen MR) is 481 cm³/mol. The van der Waals surface area contributed by atoms with Crippen LogP contribution < -0.4 is 0 Å². The van der Waals surface area contributed by atoms with Gasteiger partial charge in [-0.25, -0.2) is 0 Å². The van der Waals surface area contributed by atoms with Gasteiger partial charge in [0.15, 0.2) is 44.0 Å². The molecular formula is C95H168O43. The van der Waals surface area contributed by atoms with E-state index in [-0.39, 0.29) is 32.1 Å². The van der Waals surface area contributed by atoms with Crippen molar-refractivity contribution < 1.29 is 214 Å². The number of aliphatic hydroxyl groups excluding tert-OH is 28. The van der Waals surface area contributed by atoms with Crippen molar-refractivity contribution in [3.8, 4) is 0 Å². The summed E-state index contributed by atoms with van der Waals surface area (Å²) >= 11 is 0. The van der Waals surface area contributed by atoms with Crippen molar-refractivity contribution in [3.63, 3.8) is 0 Å². The summed E-state index contributed by atoms with van der Waals surface area (Å²) in [5.74, 6) is -1.12. The molecule has 806 valence electrons. The van der Waals surface area contributed by atoms with Crippen molar-refractivity contribution in [2.45, 2.75) is 465 Å². The number of aliphatic hydroxyl groups is 28. The Kier molecular flexibility index (Phi) is 52.0. The van der Waals surface area contributed by atoms with Crippen LogP contribution in [0.1, 0.15) is 224 Å². The first kappa shape index (κ1) is 119. The second-order valence-corrected chi connectivity index (χ2v) is 39.6. The maximum atomic E-state index is 12.3. The van der Waals surface area contributed by atoms with E-state index in [1.54, 1.807) is 18.2 Å². The van der Waals surface area contributed by atoms with Crippen LogP contribution in [0.4, 0.5) is 0 Å². The van der Waals surface area contributed by atoms with Crippen molar-refractivity contribution in [2.75, 3.05) is 79.3 Å². The van der Waals surface area contributed by atoms with Crippen LogP contribution in [0.5, 0.6) is 0 Å². The molecule has 138 heavy (non-hydrogen) atoms. The van der Waals surface area contributed by atoms with Crippen LogP contribution in [-0.2, 0) is 83.9 Å². The SMILES string of the molecule is CCCCCCCCCCCCCCCCC(CO[C@@H]1OC(CO)[C@@H](O[C@@H]2OC(CO)[C@@H](O)[C@H](O)C2O)[C@H](O)C1O)(CO[C@@H]1OC(CO)[C@@H](O[C@@H]2OC(CO)[C@@H](O)[C@H](O)C2O)[C@H](O)C1O)Cc1cccc(C[C@](CCCCCCCCCCCCCCCC)(CO[C@@H]2OC(CO)[C@@H](O[C@@H]3OC(CO)[C@@H](O)[C@H](O)C3O)[C@H](O)C2O)CO[C@@H]2CC(CO)[C@@H](O[C@@H]3OC(CO)[C@@H](O)[C@H](O)C3O)[C@H](O)C2O)c1. The molecule has 1 aliphatic carbocycles. The van der Waals surface area contributed by atoms with Crippen molar-refractivity contribution in [1.29, 1.82) is 0 Å². The second kappa shape index (κ2) is 60.2. The molecule has 9 rings (SSSR count). The largest absolute Gasteiger partial charge is 0.396 e. The second-order valence-electron chi connectivity index (χ2n) is 39.6. The summed E-state index contributed by atoms with van der Waals surface area (Å²) in [5.41, 5.74) is -1.80. The average Bonchev–Trinajstić information content (AvgIpc) is 0.792. The van der Waals surface area contributed by atoms with Crippen LogP contribution in [-0.4, -0.2) is 462 Å². The molecule has 43 heteroatoms. The van der Waals surface area contributed by atoms with Gasteiger partial charge in [-0.3, -0.25) is 0 Å². The average molecular weight is 2000 g/mol. The number of ether oxygens (including phenoxy) is 15.